The summed E-state index contributed by atoms with van der Waals surface area (Å²) < 4.78 is 0. The van der Waals surface area contributed by atoms with E-state index in [0.717, 1.165) is 16.8 Å². The number of aryl methyl sites for hydroxylation is 1. The number of aromatic nitrogens is 2. The highest BCUT2D eigenvalue weighted by atomic mass is 16.2. The lowest BCUT2D eigenvalue weighted by Crippen LogP contribution is -2.17. The Kier molecular flexibility index (Phi) is 4.44. The van der Waals surface area contributed by atoms with Crippen LogP contribution in [-0.4, -0.2) is 22.3 Å². The van der Waals surface area contributed by atoms with Crippen molar-refractivity contribution in [2.45, 2.75) is 13.8 Å². The summed E-state index contributed by atoms with van der Waals surface area (Å²) in [5, 5.41) is 10.5. The van der Waals surface area contributed by atoms with Crippen molar-refractivity contribution in [1.82, 2.24) is 15.6 Å². The van der Waals surface area contributed by atoms with Gasteiger partial charge in [-0.05, 0) is 31.1 Å². The van der Waals surface area contributed by atoms with Crippen LogP contribution in [0.3, 0.4) is 0 Å². The first-order valence-electron chi connectivity index (χ1n) is 6.24. The van der Waals surface area contributed by atoms with E-state index in [1.165, 1.54) is 0 Å². The summed E-state index contributed by atoms with van der Waals surface area (Å²) in [6.07, 6.45) is 3.58. The zero-order valence-electron chi connectivity index (χ0n) is 11.4. The van der Waals surface area contributed by atoms with Crippen molar-refractivity contribution in [3.05, 3.63) is 58.9 Å². The number of hydrogen-bond donors (Lipinski definition) is 2. The monoisotopic (exact) mass is 268 g/mol. The molecule has 1 aromatic heterocycles. The average Bonchev–Trinajstić information content (AvgIpc) is 2.86. The number of H-pyrrole nitrogens is 1. The van der Waals surface area contributed by atoms with Gasteiger partial charge in [0.2, 0.25) is 0 Å². The van der Waals surface area contributed by atoms with Gasteiger partial charge in [0.15, 0.2) is 5.69 Å². The van der Waals surface area contributed by atoms with Crippen molar-refractivity contribution < 1.29 is 4.79 Å². The summed E-state index contributed by atoms with van der Waals surface area (Å²) in [4.78, 5) is 11.7. The fraction of sp³-hybridized carbons (Fsp3) is 0.133. The van der Waals surface area contributed by atoms with Crippen molar-refractivity contribution in [1.29, 1.82) is 0 Å². The largest absolute Gasteiger partial charge is 0.291 e. The summed E-state index contributed by atoms with van der Waals surface area (Å²) >= 11 is 0. The van der Waals surface area contributed by atoms with Gasteiger partial charge in [0, 0.05) is 5.69 Å². The highest BCUT2D eigenvalue weighted by molar-refractivity contribution is 5.93. The number of nitrogens with one attached hydrogen (secondary N) is 2. The molecule has 2 aromatic rings. The van der Waals surface area contributed by atoms with Gasteiger partial charge in [0.05, 0.1) is 6.21 Å². The van der Waals surface area contributed by atoms with Crippen LogP contribution in [0, 0.1) is 6.92 Å². The SMILES string of the molecule is CC(=C/c1ccccc1)/C=N/NC(=O)c1cc(C)[nH]n1. The molecule has 1 aromatic carbocycles. The third-order valence-electron chi connectivity index (χ3n) is 2.57. The standard InChI is InChI=1S/C15H16N4O/c1-11(8-13-6-4-3-5-7-13)10-16-19-15(20)14-9-12(2)17-18-14/h3-10H,1-2H3,(H,17,18)(H,19,20)/b11-8-,16-10+. The van der Waals surface area contributed by atoms with Crippen molar-refractivity contribution >= 4 is 18.2 Å². The molecule has 0 aliphatic rings. The molecule has 0 unspecified atom stereocenters. The van der Waals surface area contributed by atoms with E-state index in [4.69, 9.17) is 0 Å². The molecule has 20 heavy (non-hydrogen) atoms. The average molecular weight is 268 g/mol. The van der Waals surface area contributed by atoms with Gasteiger partial charge in [-0.2, -0.15) is 10.2 Å². The molecule has 2 rings (SSSR count). The first-order valence-corrected chi connectivity index (χ1v) is 6.24. The predicted molar refractivity (Wildman–Crippen MR) is 79.4 cm³/mol. The second kappa shape index (κ2) is 6.47. The van der Waals surface area contributed by atoms with Crippen LogP contribution in [0.25, 0.3) is 6.08 Å². The van der Waals surface area contributed by atoms with E-state index in [1.54, 1.807) is 12.3 Å². The molecular formula is C15H16N4O. The fourth-order valence-corrected chi connectivity index (χ4v) is 1.63. The Labute approximate surface area is 117 Å². The molecule has 1 heterocycles. The van der Waals surface area contributed by atoms with Gasteiger partial charge in [-0.15, -0.1) is 0 Å². The Morgan fingerprint density at radius 1 is 1.35 bits per heavy atom. The number of nitrogens with zero attached hydrogens (tertiary/aromatic N) is 2. The number of hydrazone groups is 1. The number of allylic oxidation sites excluding steroid dienone is 1. The van der Waals surface area contributed by atoms with Gasteiger partial charge < -0.3 is 0 Å². The van der Waals surface area contributed by atoms with Crippen LogP contribution in [0.1, 0.15) is 28.7 Å². The molecule has 0 fully saturated rings. The molecule has 102 valence electrons. The summed E-state index contributed by atoms with van der Waals surface area (Å²) in [7, 11) is 0. The zero-order valence-corrected chi connectivity index (χ0v) is 11.4. The van der Waals surface area contributed by atoms with Crippen LogP contribution in [0.2, 0.25) is 0 Å². The third-order valence-corrected chi connectivity index (χ3v) is 2.57. The number of carbonyl (C=O) groups is 1. The van der Waals surface area contributed by atoms with Crippen LogP contribution < -0.4 is 5.43 Å². The number of benzene rings is 1. The Morgan fingerprint density at radius 2 is 2.10 bits per heavy atom. The zero-order chi connectivity index (χ0) is 14.4. The topological polar surface area (TPSA) is 70.1 Å². The normalized spacial score (nSPS) is 11.8. The van der Waals surface area contributed by atoms with Gasteiger partial charge >= 0.3 is 0 Å². The molecule has 0 aliphatic heterocycles. The van der Waals surface area contributed by atoms with Crippen LogP contribution in [-0.2, 0) is 0 Å². The lowest BCUT2D eigenvalue weighted by molar-refractivity contribution is 0.0950. The lowest BCUT2D eigenvalue weighted by atomic mass is 10.1. The van der Waals surface area contributed by atoms with Crippen molar-refractivity contribution in [2.24, 2.45) is 5.10 Å². The molecule has 0 aliphatic carbocycles. The molecule has 2 N–H and O–H groups in total. The van der Waals surface area contributed by atoms with E-state index >= 15 is 0 Å². The van der Waals surface area contributed by atoms with E-state index in [0.29, 0.717) is 5.69 Å². The minimum Gasteiger partial charge on any atom is -0.282 e. The van der Waals surface area contributed by atoms with E-state index in [9.17, 15) is 4.79 Å². The maximum atomic E-state index is 11.7. The first kappa shape index (κ1) is 13.7. The van der Waals surface area contributed by atoms with Crippen LogP contribution >= 0.6 is 0 Å². The van der Waals surface area contributed by atoms with E-state index in [1.807, 2.05) is 50.3 Å². The third kappa shape index (κ3) is 3.91. The number of amides is 1. The maximum Gasteiger partial charge on any atom is 0.291 e. The second-order valence-electron chi connectivity index (χ2n) is 4.43. The number of hydrogen-bond acceptors (Lipinski definition) is 3. The van der Waals surface area contributed by atoms with E-state index < -0.39 is 0 Å². The fourth-order valence-electron chi connectivity index (χ4n) is 1.63. The van der Waals surface area contributed by atoms with E-state index in [2.05, 4.69) is 20.7 Å². The smallest absolute Gasteiger partial charge is 0.282 e. The van der Waals surface area contributed by atoms with Crippen molar-refractivity contribution in [2.75, 3.05) is 0 Å². The summed E-state index contributed by atoms with van der Waals surface area (Å²) in [5.41, 5.74) is 5.62. The molecule has 0 spiro atoms. The number of aromatic amines is 1. The molecule has 1 amide bonds. The summed E-state index contributed by atoms with van der Waals surface area (Å²) in [6, 6.07) is 11.6. The minimum absolute atomic E-state index is 0.323. The highest BCUT2D eigenvalue weighted by Crippen LogP contribution is 2.04. The lowest BCUT2D eigenvalue weighted by Gasteiger charge is -1.96. The minimum atomic E-state index is -0.335. The Balaban J connectivity index is 1.93. The Bertz CT molecular complexity index is 641. The van der Waals surface area contributed by atoms with Crippen molar-refractivity contribution in [3.8, 4) is 0 Å². The van der Waals surface area contributed by atoms with Gasteiger partial charge in [-0.3, -0.25) is 9.89 Å². The second-order valence-corrected chi connectivity index (χ2v) is 4.43. The molecule has 0 bridgehead atoms. The predicted octanol–water partition coefficient (Wildman–Crippen LogP) is 2.54. The maximum absolute atomic E-state index is 11.7. The van der Waals surface area contributed by atoms with E-state index in [-0.39, 0.29) is 5.91 Å². The molecule has 0 saturated heterocycles. The molecule has 5 heteroatoms. The molecular weight excluding hydrogens is 252 g/mol. The highest BCUT2D eigenvalue weighted by Gasteiger charge is 2.06. The molecule has 0 saturated carbocycles. The van der Waals surface area contributed by atoms with Gasteiger partial charge in [-0.25, -0.2) is 5.43 Å². The molecule has 0 atom stereocenters. The Morgan fingerprint density at radius 3 is 2.75 bits per heavy atom. The Hall–Kier alpha value is -2.69. The molecule has 0 radical (unpaired) electrons. The van der Waals surface area contributed by atoms with Crippen molar-refractivity contribution in [3.63, 3.8) is 0 Å². The summed E-state index contributed by atoms with van der Waals surface area (Å²) in [6.45, 7) is 3.75. The van der Waals surface area contributed by atoms with Crippen LogP contribution in [0.15, 0.2) is 47.1 Å². The van der Waals surface area contributed by atoms with Crippen LogP contribution in [0.5, 0.6) is 0 Å². The first-order chi connectivity index (χ1) is 9.65. The molecule has 5 nitrogen and oxygen atoms in total. The van der Waals surface area contributed by atoms with Crippen LogP contribution in [0.4, 0.5) is 0 Å². The quantitative estimate of drug-likeness (QED) is 0.660. The number of carbonyl (C=O) groups excluding carboxylic acids is 1. The van der Waals surface area contributed by atoms with Gasteiger partial charge in [0.1, 0.15) is 0 Å². The number of rotatable bonds is 4. The summed E-state index contributed by atoms with van der Waals surface area (Å²) in [5.74, 6) is -0.335. The van der Waals surface area contributed by atoms with Gasteiger partial charge in [-0.1, -0.05) is 36.4 Å². The van der Waals surface area contributed by atoms with Gasteiger partial charge in [0.25, 0.3) is 5.91 Å².